The number of piperidine rings is 1. The van der Waals surface area contributed by atoms with Crippen molar-refractivity contribution < 1.29 is 4.79 Å². The molecule has 0 aromatic carbocycles. The van der Waals surface area contributed by atoms with E-state index >= 15 is 0 Å². The van der Waals surface area contributed by atoms with Gasteiger partial charge in [-0.2, -0.15) is 5.10 Å². The smallest absolute Gasteiger partial charge is 0.269 e. The van der Waals surface area contributed by atoms with Crippen LogP contribution in [-0.2, 0) is 7.05 Å². The SMILES string of the molecule is Cc1cc(C(=O)NC2CCN(c3nccn4c(C)nnc34)CC2)n(C)n1. The van der Waals surface area contributed by atoms with Crippen LogP contribution in [0.15, 0.2) is 18.5 Å². The number of carbonyl (C=O) groups excluding carboxylic acids is 1. The zero-order valence-electron chi connectivity index (χ0n) is 15.2. The summed E-state index contributed by atoms with van der Waals surface area (Å²) in [5.41, 5.74) is 2.21. The van der Waals surface area contributed by atoms with Gasteiger partial charge in [-0.15, -0.1) is 10.2 Å². The minimum absolute atomic E-state index is 0.0696. The van der Waals surface area contributed by atoms with E-state index < -0.39 is 0 Å². The van der Waals surface area contributed by atoms with E-state index in [1.165, 1.54) is 0 Å². The van der Waals surface area contributed by atoms with Crippen LogP contribution in [0.5, 0.6) is 0 Å². The summed E-state index contributed by atoms with van der Waals surface area (Å²) in [5.74, 6) is 1.62. The number of carbonyl (C=O) groups is 1. The fourth-order valence-corrected chi connectivity index (χ4v) is 3.47. The van der Waals surface area contributed by atoms with Crippen molar-refractivity contribution in [2.24, 2.45) is 7.05 Å². The fourth-order valence-electron chi connectivity index (χ4n) is 3.47. The first-order valence-electron chi connectivity index (χ1n) is 8.75. The van der Waals surface area contributed by atoms with Crippen LogP contribution in [-0.4, -0.2) is 54.4 Å². The fraction of sp³-hybridized carbons (Fsp3) is 0.471. The molecule has 0 radical (unpaired) electrons. The van der Waals surface area contributed by atoms with Crippen LogP contribution < -0.4 is 10.2 Å². The van der Waals surface area contributed by atoms with Gasteiger partial charge >= 0.3 is 0 Å². The van der Waals surface area contributed by atoms with Gasteiger partial charge in [0, 0.05) is 38.6 Å². The third kappa shape index (κ3) is 2.89. The molecule has 9 heteroatoms. The van der Waals surface area contributed by atoms with E-state index in [-0.39, 0.29) is 11.9 Å². The number of hydrogen-bond acceptors (Lipinski definition) is 6. The van der Waals surface area contributed by atoms with Gasteiger partial charge in [0.05, 0.1) is 5.69 Å². The number of rotatable bonds is 3. The molecule has 3 aromatic heterocycles. The number of aromatic nitrogens is 6. The first-order chi connectivity index (χ1) is 12.5. The van der Waals surface area contributed by atoms with E-state index in [0.29, 0.717) is 5.69 Å². The summed E-state index contributed by atoms with van der Waals surface area (Å²) in [6.45, 7) is 5.43. The summed E-state index contributed by atoms with van der Waals surface area (Å²) in [6.07, 6.45) is 5.37. The summed E-state index contributed by atoms with van der Waals surface area (Å²) in [7, 11) is 1.79. The number of anilines is 1. The topological polar surface area (TPSA) is 93.2 Å². The Bertz CT molecular complexity index is 951. The molecule has 3 aromatic rings. The molecule has 4 heterocycles. The minimum Gasteiger partial charge on any atom is -0.353 e. The molecule has 0 aliphatic carbocycles. The Balaban J connectivity index is 1.42. The van der Waals surface area contributed by atoms with Crippen molar-refractivity contribution in [1.82, 2.24) is 34.7 Å². The Labute approximate surface area is 151 Å². The van der Waals surface area contributed by atoms with E-state index in [0.717, 1.165) is 48.9 Å². The Morgan fingerprint density at radius 1 is 1.23 bits per heavy atom. The second-order valence-corrected chi connectivity index (χ2v) is 6.72. The van der Waals surface area contributed by atoms with E-state index in [9.17, 15) is 4.79 Å². The Morgan fingerprint density at radius 3 is 2.69 bits per heavy atom. The molecule has 0 atom stereocenters. The van der Waals surface area contributed by atoms with Gasteiger partial charge in [0.15, 0.2) is 5.82 Å². The van der Waals surface area contributed by atoms with Crippen molar-refractivity contribution >= 4 is 17.4 Å². The second kappa shape index (κ2) is 6.40. The van der Waals surface area contributed by atoms with E-state index in [1.54, 1.807) is 17.9 Å². The average molecular weight is 354 g/mol. The van der Waals surface area contributed by atoms with Crippen molar-refractivity contribution in [3.05, 3.63) is 35.7 Å². The van der Waals surface area contributed by atoms with Crippen molar-refractivity contribution in [2.45, 2.75) is 32.7 Å². The normalized spacial score (nSPS) is 15.6. The van der Waals surface area contributed by atoms with Crippen molar-refractivity contribution in [2.75, 3.05) is 18.0 Å². The van der Waals surface area contributed by atoms with Crippen LogP contribution in [0.25, 0.3) is 5.65 Å². The largest absolute Gasteiger partial charge is 0.353 e. The van der Waals surface area contributed by atoms with Gasteiger partial charge < -0.3 is 10.2 Å². The minimum atomic E-state index is -0.0696. The number of nitrogens with one attached hydrogen (secondary N) is 1. The van der Waals surface area contributed by atoms with Crippen LogP contribution in [0.3, 0.4) is 0 Å². The lowest BCUT2D eigenvalue weighted by molar-refractivity contribution is 0.0921. The third-order valence-corrected chi connectivity index (χ3v) is 4.84. The highest BCUT2D eigenvalue weighted by molar-refractivity contribution is 5.92. The maximum absolute atomic E-state index is 12.5. The number of fused-ring (bicyclic) bond motifs is 1. The molecule has 136 valence electrons. The lowest BCUT2D eigenvalue weighted by atomic mass is 10.0. The molecule has 0 bridgehead atoms. The average Bonchev–Trinajstić information content (AvgIpc) is 3.18. The molecule has 1 saturated heterocycles. The highest BCUT2D eigenvalue weighted by Gasteiger charge is 2.25. The highest BCUT2D eigenvalue weighted by Crippen LogP contribution is 2.22. The molecular weight excluding hydrogens is 332 g/mol. The van der Waals surface area contributed by atoms with Crippen LogP contribution in [0.4, 0.5) is 5.82 Å². The van der Waals surface area contributed by atoms with E-state index in [2.05, 4.69) is 30.5 Å². The summed E-state index contributed by atoms with van der Waals surface area (Å²) in [4.78, 5) is 19.2. The molecule has 1 aliphatic heterocycles. The first-order valence-corrected chi connectivity index (χ1v) is 8.75. The predicted octanol–water partition coefficient (Wildman–Crippen LogP) is 0.873. The zero-order valence-corrected chi connectivity index (χ0v) is 15.2. The molecular formula is C17H22N8O. The maximum Gasteiger partial charge on any atom is 0.269 e. The maximum atomic E-state index is 12.5. The molecule has 9 nitrogen and oxygen atoms in total. The summed E-state index contributed by atoms with van der Waals surface area (Å²) in [5, 5.41) is 15.7. The quantitative estimate of drug-likeness (QED) is 0.750. The molecule has 1 fully saturated rings. The van der Waals surface area contributed by atoms with Crippen LogP contribution in [0.2, 0.25) is 0 Å². The molecule has 1 aliphatic rings. The molecule has 26 heavy (non-hydrogen) atoms. The van der Waals surface area contributed by atoms with Crippen molar-refractivity contribution in [3.8, 4) is 0 Å². The molecule has 1 amide bonds. The molecule has 1 N–H and O–H groups in total. The van der Waals surface area contributed by atoms with Crippen LogP contribution >= 0.6 is 0 Å². The lowest BCUT2D eigenvalue weighted by Crippen LogP contribution is -2.45. The summed E-state index contributed by atoms with van der Waals surface area (Å²) < 4.78 is 3.57. The van der Waals surface area contributed by atoms with Crippen molar-refractivity contribution in [1.29, 1.82) is 0 Å². The summed E-state index contributed by atoms with van der Waals surface area (Å²) >= 11 is 0. The standard InChI is InChI=1S/C17H22N8O/c1-11-10-14(23(3)22-11)17(26)19-13-4-7-24(8-5-13)15-16-21-20-12(2)25(16)9-6-18-15/h6,9-10,13H,4-5,7-8H2,1-3H3,(H,19,26). The molecule has 0 unspecified atom stereocenters. The molecule has 0 saturated carbocycles. The van der Waals surface area contributed by atoms with Crippen LogP contribution in [0.1, 0.15) is 34.8 Å². The molecule has 0 spiro atoms. The lowest BCUT2D eigenvalue weighted by Gasteiger charge is -2.33. The second-order valence-electron chi connectivity index (χ2n) is 6.72. The number of nitrogens with zero attached hydrogens (tertiary/aromatic N) is 7. The van der Waals surface area contributed by atoms with Gasteiger partial charge in [-0.05, 0) is 32.8 Å². The Morgan fingerprint density at radius 2 is 2.00 bits per heavy atom. The predicted molar refractivity (Wildman–Crippen MR) is 96.2 cm³/mol. The molecule has 4 rings (SSSR count). The van der Waals surface area contributed by atoms with Crippen molar-refractivity contribution in [3.63, 3.8) is 0 Å². The van der Waals surface area contributed by atoms with Crippen LogP contribution in [0, 0.1) is 13.8 Å². The van der Waals surface area contributed by atoms with Gasteiger partial charge in [-0.3, -0.25) is 13.9 Å². The number of amides is 1. The first kappa shape index (κ1) is 16.5. The van der Waals surface area contributed by atoms with Gasteiger partial charge in [0.25, 0.3) is 5.91 Å². The van der Waals surface area contributed by atoms with Gasteiger partial charge in [-0.25, -0.2) is 4.98 Å². The van der Waals surface area contributed by atoms with Gasteiger partial charge in [0.1, 0.15) is 11.5 Å². The van der Waals surface area contributed by atoms with Gasteiger partial charge in [-0.1, -0.05) is 0 Å². The summed E-state index contributed by atoms with van der Waals surface area (Å²) in [6, 6.07) is 1.95. The third-order valence-electron chi connectivity index (χ3n) is 4.84. The van der Waals surface area contributed by atoms with E-state index in [4.69, 9.17) is 0 Å². The highest BCUT2D eigenvalue weighted by atomic mass is 16.2. The Hall–Kier alpha value is -2.97. The van der Waals surface area contributed by atoms with E-state index in [1.807, 2.05) is 30.5 Å². The monoisotopic (exact) mass is 354 g/mol. The Kier molecular flexibility index (Phi) is 4.06. The van der Waals surface area contributed by atoms with Gasteiger partial charge in [0.2, 0.25) is 5.65 Å². The zero-order chi connectivity index (χ0) is 18.3. The number of hydrogen-bond donors (Lipinski definition) is 1. The number of aryl methyl sites for hydroxylation is 3.